The van der Waals surface area contributed by atoms with Crippen LogP contribution in [0.2, 0.25) is 0 Å². The first-order valence-corrected chi connectivity index (χ1v) is 7.72. The van der Waals surface area contributed by atoms with Crippen LogP contribution in [-0.4, -0.2) is 42.2 Å². The number of alkyl halides is 3. The van der Waals surface area contributed by atoms with Gasteiger partial charge in [0.1, 0.15) is 12.4 Å². The maximum absolute atomic E-state index is 12.2. The van der Waals surface area contributed by atoms with Crippen molar-refractivity contribution in [3.63, 3.8) is 0 Å². The Hall–Kier alpha value is -1.60. The van der Waals surface area contributed by atoms with E-state index in [0.717, 1.165) is 29.7 Å². The molecule has 7 heteroatoms. The molecule has 1 aliphatic heterocycles. The van der Waals surface area contributed by atoms with E-state index in [0.29, 0.717) is 19.8 Å². The van der Waals surface area contributed by atoms with Gasteiger partial charge < -0.3 is 14.0 Å². The Morgan fingerprint density at radius 1 is 1.22 bits per heavy atom. The number of benzene rings is 1. The maximum atomic E-state index is 12.2. The van der Waals surface area contributed by atoms with Crippen molar-refractivity contribution in [3.8, 4) is 0 Å². The van der Waals surface area contributed by atoms with Crippen molar-refractivity contribution < 1.29 is 22.6 Å². The number of aromatic nitrogens is 2. The molecule has 1 aromatic heterocycles. The van der Waals surface area contributed by atoms with Crippen molar-refractivity contribution in [2.24, 2.45) is 0 Å². The molecule has 3 rings (SSSR count). The molecule has 2 heterocycles. The van der Waals surface area contributed by atoms with Gasteiger partial charge in [-0.25, -0.2) is 4.98 Å². The predicted octanol–water partition coefficient (Wildman–Crippen LogP) is 3.51. The minimum Gasteiger partial charge on any atom is -0.381 e. The fourth-order valence-corrected chi connectivity index (χ4v) is 2.94. The molecule has 126 valence electrons. The maximum Gasteiger partial charge on any atom is 0.411 e. The van der Waals surface area contributed by atoms with E-state index >= 15 is 0 Å². The van der Waals surface area contributed by atoms with Gasteiger partial charge in [-0.2, -0.15) is 13.2 Å². The van der Waals surface area contributed by atoms with Gasteiger partial charge in [-0.05, 0) is 25.0 Å². The van der Waals surface area contributed by atoms with E-state index in [-0.39, 0.29) is 12.5 Å². The average molecular weight is 328 g/mol. The molecule has 23 heavy (non-hydrogen) atoms. The van der Waals surface area contributed by atoms with Crippen LogP contribution in [0, 0.1) is 0 Å². The number of hydrogen-bond acceptors (Lipinski definition) is 3. The number of hydrogen-bond donors (Lipinski definition) is 0. The normalized spacial score (nSPS) is 17.0. The summed E-state index contributed by atoms with van der Waals surface area (Å²) in [6.45, 7) is 0.544. The Morgan fingerprint density at radius 2 is 1.96 bits per heavy atom. The topological polar surface area (TPSA) is 36.3 Å². The summed E-state index contributed by atoms with van der Waals surface area (Å²) < 4.78 is 48.7. The summed E-state index contributed by atoms with van der Waals surface area (Å²) in [5.74, 6) is 1.20. The largest absolute Gasteiger partial charge is 0.411 e. The smallest absolute Gasteiger partial charge is 0.381 e. The summed E-state index contributed by atoms with van der Waals surface area (Å²) in [4.78, 5) is 4.69. The molecule has 0 aliphatic carbocycles. The average Bonchev–Trinajstić information content (AvgIpc) is 2.90. The highest BCUT2D eigenvalue weighted by atomic mass is 19.4. The van der Waals surface area contributed by atoms with E-state index in [4.69, 9.17) is 14.5 Å². The molecule has 0 amide bonds. The molecule has 1 fully saturated rings. The number of rotatable bonds is 5. The molecule has 0 radical (unpaired) electrons. The summed E-state index contributed by atoms with van der Waals surface area (Å²) in [5, 5.41) is 0. The highest BCUT2D eigenvalue weighted by molar-refractivity contribution is 5.76. The van der Waals surface area contributed by atoms with Gasteiger partial charge in [0.05, 0.1) is 17.6 Å². The van der Waals surface area contributed by atoms with Crippen LogP contribution in [-0.2, 0) is 16.0 Å². The van der Waals surface area contributed by atoms with E-state index in [1.54, 1.807) is 0 Å². The number of fused-ring (bicyclic) bond motifs is 1. The summed E-state index contributed by atoms with van der Waals surface area (Å²) in [6, 6.07) is 7.68. The van der Waals surface area contributed by atoms with Gasteiger partial charge in [0.15, 0.2) is 0 Å². The molecule has 0 N–H and O–H groups in total. The Kier molecular flexibility index (Phi) is 4.87. The Labute approximate surface area is 132 Å². The van der Waals surface area contributed by atoms with E-state index in [1.165, 1.54) is 0 Å². The minimum atomic E-state index is -4.29. The Bertz CT molecular complexity index is 648. The minimum absolute atomic E-state index is 0.0100. The van der Waals surface area contributed by atoms with Crippen molar-refractivity contribution in [2.45, 2.75) is 31.5 Å². The first-order chi connectivity index (χ1) is 11.0. The van der Waals surface area contributed by atoms with E-state index in [2.05, 4.69) is 0 Å². The second kappa shape index (κ2) is 6.88. The number of halogens is 3. The van der Waals surface area contributed by atoms with Crippen molar-refractivity contribution >= 4 is 11.0 Å². The van der Waals surface area contributed by atoms with Gasteiger partial charge in [0.2, 0.25) is 0 Å². The zero-order valence-corrected chi connectivity index (χ0v) is 12.7. The van der Waals surface area contributed by atoms with Gasteiger partial charge in [-0.15, -0.1) is 0 Å². The molecule has 1 aromatic carbocycles. The molecule has 1 aliphatic rings. The second-order valence-corrected chi connectivity index (χ2v) is 5.66. The number of imidazole rings is 1. The molecule has 0 spiro atoms. The van der Waals surface area contributed by atoms with Crippen molar-refractivity contribution in [1.82, 2.24) is 9.55 Å². The van der Waals surface area contributed by atoms with Crippen LogP contribution in [0.5, 0.6) is 0 Å². The fourth-order valence-electron chi connectivity index (χ4n) is 2.94. The summed E-state index contributed by atoms with van der Waals surface area (Å²) in [7, 11) is 0. The van der Waals surface area contributed by atoms with Crippen LogP contribution in [0.4, 0.5) is 13.2 Å². The standard InChI is InChI=1S/C16H19F3N2O2/c17-16(18,19)11-23-10-7-21-14-4-2-1-3-13(14)20-15(21)12-5-8-22-9-6-12/h1-4,12H,5-11H2. The Morgan fingerprint density at radius 3 is 2.70 bits per heavy atom. The van der Waals surface area contributed by atoms with Crippen molar-refractivity contribution in [1.29, 1.82) is 0 Å². The molecule has 4 nitrogen and oxygen atoms in total. The lowest BCUT2D eigenvalue weighted by Gasteiger charge is -2.22. The molecule has 0 bridgehead atoms. The highest BCUT2D eigenvalue weighted by Crippen LogP contribution is 2.29. The lowest BCUT2D eigenvalue weighted by Crippen LogP contribution is -2.21. The van der Waals surface area contributed by atoms with Gasteiger partial charge in [0.25, 0.3) is 0 Å². The number of nitrogens with zero attached hydrogens (tertiary/aromatic N) is 2. The van der Waals surface area contributed by atoms with Crippen molar-refractivity contribution in [3.05, 3.63) is 30.1 Å². The number of ether oxygens (including phenoxy) is 2. The Balaban J connectivity index is 1.78. The van der Waals surface area contributed by atoms with E-state index < -0.39 is 12.8 Å². The third-order valence-corrected chi connectivity index (χ3v) is 4.00. The summed E-state index contributed by atoms with van der Waals surface area (Å²) >= 11 is 0. The van der Waals surface area contributed by atoms with Crippen LogP contribution in [0.15, 0.2) is 24.3 Å². The third-order valence-electron chi connectivity index (χ3n) is 4.00. The van der Waals surface area contributed by atoms with Crippen LogP contribution in [0.25, 0.3) is 11.0 Å². The third kappa shape index (κ3) is 4.03. The molecule has 0 unspecified atom stereocenters. The lowest BCUT2D eigenvalue weighted by molar-refractivity contribution is -0.174. The SMILES string of the molecule is FC(F)(F)COCCn1c(C2CCOCC2)nc2ccccc21. The monoisotopic (exact) mass is 328 g/mol. The molecule has 1 saturated heterocycles. The molecule has 2 aromatic rings. The zero-order chi connectivity index (χ0) is 16.3. The second-order valence-electron chi connectivity index (χ2n) is 5.66. The summed E-state index contributed by atoms with van der Waals surface area (Å²) in [6.07, 6.45) is -2.53. The van der Waals surface area contributed by atoms with Crippen LogP contribution < -0.4 is 0 Å². The van der Waals surface area contributed by atoms with Gasteiger partial charge in [-0.3, -0.25) is 0 Å². The quantitative estimate of drug-likeness (QED) is 0.788. The molecule has 0 atom stereocenters. The summed E-state index contributed by atoms with van der Waals surface area (Å²) in [5.41, 5.74) is 1.80. The first kappa shape index (κ1) is 16.3. The molecule has 0 saturated carbocycles. The predicted molar refractivity (Wildman–Crippen MR) is 79.4 cm³/mol. The van der Waals surface area contributed by atoms with Crippen molar-refractivity contribution in [2.75, 3.05) is 26.4 Å². The van der Waals surface area contributed by atoms with E-state index in [1.807, 2.05) is 28.8 Å². The van der Waals surface area contributed by atoms with Gasteiger partial charge in [-0.1, -0.05) is 12.1 Å². The highest BCUT2D eigenvalue weighted by Gasteiger charge is 2.27. The number of para-hydroxylation sites is 2. The van der Waals surface area contributed by atoms with Gasteiger partial charge >= 0.3 is 6.18 Å². The van der Waals surface area contributed by atoms with E-state index in [9.17, 15) is 13.2 Å². The lowest BCUT2D eigenvalue weighted by atomic mass is 9.99. The fraction of sp³-hybridized carbons (Fsp3) is 0.562. The van der Waals surface area contributed by atoms with Gasteiger partial charge in [0, 0.05) is 25.7 Å². The van der Waals surface area contributed by atoms with Crippen LogP contribution in [0.3, 0.4) is 0 Å². The van der Waals surface area contributed by atoms with Crippen LogP contribution in [0.1, 0.15) is 24.6 Å². The van der Waals surface area contributed by atoms with Crippen LogP contribution >= 0.6 is 0 Å². The first-order valence-electron chi connectivity index (χ1n) is 7.72. The zero-order valence-electron chi connectivity index (χ0n) is 12.7. The molecular formula is C16H19F3N2O2. The molecular weight excluding hydrogens is 309 g/mol.